The van der Waals surface area contributed by atoms with Crippen molar-refractivity contribution in [2.45, 2.75) is 13.3 Å². The molecule has 0 bridgehead atoms. The lowest BCUT2D eigenvalue weighted by Gasteiger charge is -2.06. The van der Waals surface area contributed by atoms with Crippen molar-refractivity contribution in [3.63, 3.8) is 0 Å². The number of nitrogens with one attached hydrogen (secondary N) is 2. The van der Waals surface area contributed by atoms with Gasteiger partial charge in [0.2, 0.25) is 0 Å². The van der Waals surface area contributed by atoms with Crippen molar-refractivity contribution in [2.75, 3.05) is 19.0 Å². The van der Waals surface area contributed by atoms with Gasteiger partial charge in [0.25, 0.3) is 0 Å². The molecule has 2 N–H and O–H groups in total. The zero-order valence-electron chi connectivity index (χ0n) is 12.4. The molecule has 0 aliphatic carbocycles. The number of rotatable bonds is 5. The fourth-order valence-electron chi connectivity index (χ4n) is 1.76. The lowest BCUT2D eigenvalue weighted by atomic mass is 10.1. The van der Waals surface area contributed by atoms with Crippen LogP contribution in [0.1, 0.15) is 11.3 Å². The number of hydrogen-bond donors (Lipinski definition) is 2. The van der Waals surface area contributed by atoms with Crippen LogP contribution in [0.5, 0.6) is 5.75 Å². The van der Waals surface area contributed by atoms with Crippen LogP contribution in [0.25, 0.3) is 0 Å². The number of hydrogen-bond acceptors (Lipinski definition) is 5. The Labute approximate surface area is 132 Å². The van der Waals surface area contributed by atoms with E-state index in [-0.39, 0.29) is 0 Å². The van der Waals surface area contributed by atoms with Crippen molar-refractivity contribution in [3.05, 3.63) is 40.9 Å². The van der Waals surface area contributed by atoms with E-state index in [1.54, 1.807) is 12.5 Å². The van der Waals surface area contributed by atoms with Crippen LogP contribution in [-0.2, 0) is 16.0 Å². The lowest BCUT2D eigenvalue weighted by molar-refractivity contribution is -0.136. The number of benzene rings is 1. The second kappa shape index (κ2) is 7.56. The third-order valence-electron chi connectivity index (χ3n) is 2.90. The van der Waals surface area contributed by atoms with E-state index in [0.29, 0.717) is 18.1 Å². The molecule has 7 heteroatoms. The highest BCUT2D eigenvalue weighted by Gasteiger charge is 2.14. The molecule has 2 aromatic rings. The van der Waals surface area contributed by atoms with Crippen LogP contribution >= 0.6 is 11.3 Å². The zero-order valence-corrected chi connectivity index (χ0v) is 13.2. The summed E-state index contributed by atoms with van der Waals surface area (Å²) in [6.07, 6.45) is 0.638. The van der Waals surface area contributed by atoms with E-state index < -0.39 is 11.8 Å². The molecular formula is C15H17N3O3S. The summed E-state index contributed by atoms with van der Waals surface area (Å²) in [7, 11) is 1.61. The number of anilines is 1. The maximum Gasteiger partial charge on any atom is 0.315 e. The Balaban J connectivity index is 1.75. The van der Waals surface area contributed by atoms with Crippen LogP contribution in [0.15, 0.2) is 29.6 Å². The number of methoxy groups -OCH3 is 1. The minimum Gasteiger partial charge on any atom is -0.497 e. The van der Waals surface area contributed by atoms with Gasteiger partial charge in [-0.1, -0.05) is 12.1 Å². The molecular weight excluding hydrogens is 302 g/mol. The highest BCUT2D eigenvalue weighted by molar-refractivity contribution is 7.14. The van der Waals surface area contributed by atoms with Crippen molar-refractivity contribution < 1.29 is 14.3 Å². The van der Waals surface area contributed by atoms with Gasteiger partial charge < -0.3 is 10.1 Å². The third kappa shape index (κ3) is 4.56. The molecule has 0 unspecified atom stereocenters. The molecule has 2 rings (SSSR count). The average Bonchev–Trinajstić information content (AvgIpc) is 2.93. The minimum atomic E-state index is -0.705. The Morgan fingerprint density at radius 1 is 1.23 bits per heavy atom. The standard InChI is InChI=1S/C15H17N3O3S/c1-10-9-22-15(17-10)18-14(20)13(19)16-8-7-11-3-5-12(21-2)6-4-11/h3-6,9H,7-8H2,1-2H3,(H,16,19)(H,17,18,20). The van der Waals surface area contributed by atoms with Crippen molar-refractivity contribution in [2.24, 2.45) is 0 Å². The number of carbonyl (C=O) groups is 2. The number of aryl methyl sites for hydroxylation is 1. The van der Waals surface area contributed by atoms with E-state index in [4.69, 9.17) is 4.74 Å². The Morgan fingerprint density at radius 3 is 2.55 bits per heavy atom. The van der Waals surface area contributed by atoms with Gasteiger partial charge in [0.05, 0.1) is 12.8 Å². The van der Waals surface area contributed by atoms with Gasteiger partial charge in [-0.25, -0.2) is 4.98 Å². The summed E-state index contributed by atoms with van der Waals surface area (Å²) >= 11 is 1.28. The number of amides is 2. The number of ether oxygens (including phenoxy) is 1. The summed E-state index contributed by atoms with van der Waals surface area (Å²) in [4.78, 5) is 27.4. The molecule has 2 amide bonds. The molecule has 0 atom stereocenters. The molecule has 0 saturated heterocycles. The predicted octanol–water partition coefficient (Wildman–Crippen LogP) is 1.76. The minimum absolute atomic E-state index is 0.384. The van der Waals surface area contributed by atoms with Crippen molar-refractivity contribution in [1.29, 1.82) is 0 Å². The van der Waals surface area contributed by atoms with Crippen LogP contribution in [0.3, 0.4) is 0 Å². The molecule has 6 nitrogen and oxygen atoms in total. The summed E-state index contributed by atoms with van der Waals surface area (Å²) in [5, 5.41) is 7.27. The molecule has 22 heavy (non-hydrogen) atoms. The first-order chi connectivity index (χ1) is 10.6. The monoisotopic (exact) mass is 319 g/mol. The van der Waals surface area contributed by atoms with E-state index in [2.05, 4.69) is 15.6 Å². The first kappa shape index (κ1) is 16.0. The molecule has 1 aromatic heterocycles. The first-order valence-corrected chi connectivity index (χ1v) is 7.60. The summed E-state index contributed by atoms with van der Waals surface area (Å²) in [6.45, 7) is 2.20. The van der Waals surface area contributed by atoms with Crippen LogP contribution in [0.2, 0.25) is 0 Å². The van der Waals surface area contributed by atoms with Crippen molar-refractivity contribution >= 4 is 28.3 Å². The first-order valence-electron chi connectivity index (χ1n) is 6.72. The summed E-state index contributed by atoms with van der Waals surface area (Å²) < 4.78 is 5.07. The van der Waals surface area contributed by atoms with E-state index in [9.17, 15) is 9.59 Å². The van der Waals surface area contributed by atoms with Gasteiger partial charge in [0.15, 0.2) is 5.13 Å². The molecule has 0 radical (unpaired) electrons. The Kier molecular flexibility index (Phi) is 5.48. The fourth-order valence-corrected chi connectivity index (χ4v) is 2.44. The molecule has 0 aliphatic rings. The molecule has 116 valence electrons. The quantitative estimate of drug-likeness (QED) is 0.823. The molecule has 0 fully saturated rings. The van der Waals surface area contributed by atoms with Gasteiger partial charge in [-0.05, 0) is 31.0 Å². The second-order valence-corrected chi connectivity index (χ2v) is 5.46. The molecule has 0 spiro atoms. The van der Waals surface area contributed by atoms with Crippen LogP contribution < -0.4 is 15.4 Å². The van der Waals surface area contributed by atoms with Crippen molar-refractivity contribution in [3.8, 4) is 5.75 Å². The molecule has 1 heterocycles. The van der Waals surface area contributed by atoms with Crippen LogP contribution in [0.4, 0.5) is 5.13 Å². The number of carbonyl (C=O) groups excluding carboxylic acids is 2. The lowest BCUT2D eigenvalue weighted by Crippen LogP contribution is -2.36. The van der Waals surface area contributed by atoms with Crippen LogP contribution in [-0.4, -0.2) is 30.5 Å². The van der Waals surface area contributed by atoms with E-state index >= 15 is 0 Å². The SMILES string of the molecule is COc1ccc(CCNC(=O)C(=O)Nc2nc(C)cs2)cc1. The Morgan fingerprint density at radius 2 is 1.95 bits per heavy atom. The van der Waals surface area contributed by atoms with Gasteiger partial charge in [0.1, 0.15) is 5.75 Å². The Hall–Kier alpha value is -2.41. The Bertz CT molecular complexity index is 652. The van der Waals surface area contributed by atoms with Gasteiger partial charge in [-0.2, -0.15) is 0 Å². The summed E-state index contributed by atoms with van der Waals surface area (Å²) in [5.41, 5.74) is 1.86. The van der Waals surface area contributed by atoms with Crippen LogP contribution in [0, 0.1) is 6.92 Å². The maximum absolute atomic E-state index is 11.7. The third-order valence-corrected chi connectivity index (χ3v) is 3.78. The highest BCUT2D eigenvalue weighted by Crippen LogP contribution is 2.14. The smallest absolute Gasteiger partial charge is 0.315 e. The molecule has 0 saturated carbocycles. The average molecular weight is 319 g/mol. The second-order valence-electron chi connectivity index (χ2n) is 4.60. The van der Waals surface area contributed by atoms with Gasteiger partial charge in [-0.15, -0.1) is 11.3 Å². The van der Waals surface area contributed by atoms with Gasteiger partial charge in [-0.3, -0.25) is 14.9 Å². The highest BCUT2D eigenvalue weighted by atomic mass is 32.1. The number of thiazole rings is 1. The number of aromatic nitrogens is 1. The maximum atomic E-state index is 11.7. The summed E-state index contributed by atoms with van der Waals surface area (Å²) in [5.74, 6) is -0.587. The normalized spacial score (nSPS) is 10.1. The van der Waals surface area contributed by atoms with E-state index in [1.165, 1.54) is 11.3 Å². The van der Waals surface area contributed by atoms with Gasteiger partial charge in [0, 0.05) is 11.9 Å². The van der Waals surface area contributed by atoms with E-state index in [1.807, 2.05) is 31.2 Å². The predicted molar refractivity (Wildman–Crippen MR) is 85.2 cm³/mol. The molecule has 0 aliphatic heterocycles. The van der Waals surface area contributed by atoms with Crippen molar-refractivity contribution in [1.82, 2.24) is 10.3 Å². The number of nitrogens with zero attached hydrogens (tertiary/aromatic N) is 1. The zero-order chi connectivity index (χ0) is 15.9. The topological polar surface area (TPSA) is 80.3 Å². The largest absolute Gasteiger partial charge is 0.497 e. The molecule has 1 aromatic carbocycles. The fraction of sp³-hybridized carbons (Fsp3) is 0.267. The summed E-state index contributed by atoms with van der Waals surface area (Å²) in [6, 6.07) is 7.55. The van der Waals surface area contributed by atoms with E-state index in [0.717, 1.165) is 17.0 Å². The van der Waals surface area contributed by atoms with Gasteiger partial charge >= 0.3 is 11.8 Å².